The number of Topliss-reactive ketones (excluding diaryl/α,β-unsaturated/α-hetero) is 1. The smallest absolute Gasteiger partial charge is 0.310 e. The average Bonchev–Trinajstić information content (AvgIpc) is 3.38. The van der Waals surface area contributed by atoms with Crippen LogP contribution in [0.3, 0.4) is 0 Å². The van der Waals surface area contributed by atoms with Crippen molar-refractivity contribution >= 4 is 11.8 Å². The fraction of sp³-hybridized carbons (Fsp3) is 0.242. The quantitative estimate of drug-likeness (QED) is 0.222. The minimum absolute atomic E-state index is 0.00896. The topological polar surface area (TPSA) is 140 Å². The largest absolute Gasteiger partial charge is 0.481 e. The van der Waals surface area contributed by atoms with Crippen molar-refractivity contribution in [2.45, 2.75) is 50.0 Å². The molecule has 2 N–H and O–H groups in total. The number of ketones is 1. The molecule has 2 aliphatic carbocycles. The van der Waals surface area contributed by atoms with Gasteiger partial charge in [-0.15, -0.1) is 10.2 Å². The Hall–Kier alpha value is -4.89. The Balaban J connectivity index is 1.36. The zero-order valence-electron chi connectivity index (χ0n) is 22.8. The highest BCUT2D eigenvalue weighted by atomic mass is 16.5. The molecule has 2 aliphatic rings. The van der Waals surface area contributed by atoms with Gasteiger partial charge in [0.1, 0.15) is 6.42 Å². The number of carbonyl (C=O) groups excluding carboxylic acids is 1. The van der Waals surface area contributed by atoms with Gasteiger partial charge in [-0.25, -0.2) is 0 Å². The molecular formula is C33H27N3O6. The zero-order chi connectivity index (χ0) is 29.0. The summed E-state index contributed by atoms with van der Waals surface area (Å²) in [6, 6.07) is 23.4. The molecule has 1 spiro atoms. The molecule has 2 aromatic heterocycles. The van der Waals surface area contributed by atoms with E-state index >= 15 is 0 Å². The fourth-order valence-corrected chi connectivity index (χ4v) is 6.55. The first kappa shape index (κ1) is 26.0. The minimum Gasteiger partial charge on any atom is -0.481 e. The standard InChI is InChI=1S/C33H27N3O6/c1-18-26(30(40)32-35-34-24(41-32)16-19-8-4-2-5-9-19)31(42-36-18)27-22-13-12-21(20-10-6-3-7-11-20)29(27)33(14-15-33)28(22)23(37)17-25(38)39/h2-13,28,30,40H,14-17H2,1H3,(H,38,39). The van der Waals surface area contributed by atoms with Crippen LogP contribution >= 0.6 is 0 Å². The second kappa shape index (κ2) is 9.88. The molecule has 1 fully saturated rings. The van der Waals surface area contributed by atoms with Crippen molar-refractivity contribution in [1.82, 2.24) is 15.4 Å². The van der Waals surface area contributed by atoms with Crippen LogP contribution < -0.4 is 0 Å². The van der Waals surface area contributed by atoms with Crippen LogP contribution in [-0.4, -0.2) is 37.3 Å². The number of hydrogen-bond donors (Lipinski definition) is 2. The number of fused-ring (bicyclic) bond motifs is 3. The number of carboxylic acid groups (broad SMARTS) is 1. The van der Waals surface area contributed by atoms with Gasteiger partial charge in [-0.2, -0.15) is 0 Å². The maximum Gasteiger partial charge on any atom is 0.310 e. The lowest BCUT2D eigenvalue weighted by molar-refractivity contribution is -0.140. The number of aromatic nitrogens is 3. The molecule has 9 heteroatoms. The van der Waals surface area contributed by atoms with Crippen LogP contribution in [0.1, 0.15) is 71.0 Å². The van der Waals surface area contributed by atoms with E-state index in [2.05, 4.69) is 15.4 Å². The third-order valence-electron chi connectivity index (χ3n) is 8.44. The van der Waals surface area contributed by atoms with E-state index in [1.807, 2.05) is 72.8 Å². The molecule has 2 bridgehead atoms. The van der Waals surface area contributed by atoms with Crippen LogP contribution in [0.25, 0.3) is 22.5 Å². The normalized spacial score (nSPS) is 17.0. The van der Waals surface area contributed by atoms with E-state index < -0.39 is 29.8 Å². The van der Waals surface area contributed by atoms with E-state index in [4.69, 9.17) is 8.94 Å². The molecule has 0 saturated heterocycles. The van der Waals surface area contributed by atoms with Crippen LogP contribution in [0.5, 0.6) is 0 Å². The van der Waals surface area contributed by atoms with Gasteiger partial charge in [0.25, 0.3) is 0 Å². The Labute approximate surface area is 240 Å². The van der Waals surface area contributed by atoms with E-state index in [1.54, 1.807) is 6.92 Å². The van der Waals surface area contributed by atoms with Crippen LogP contribution in [0, 0.1) is 6.92 Å². The SMILES string of the molecule is Cc1noc(-c2c3ccc(-c4ccccc4)c2C2(CC2)C3C(=O)CC(=O)O)c1C(O)c1nnc(Cc2ccccc2)o1. The zero-order valence-corrected chi connectivity index (χ0v) is 22.8. The van der Waals surface area contributed by atoms with Gasteiger partial charge in [0, 0.05) is 11.0 Å². The highest BCUT2D eigenvalue weighted by Gasteiger charge is 2.61. The molecule has 2 unspecified atom stereocenters. The van der Waals surface area contributed by atoms with Crippen molar-refractivity contribution in [2.24, 2.45) is 0 Å². The first-order valence-corrected chi connectivity index (χ1v) is 13.9. The Morgan fingerprint density at radius 2 is 1.71 bits per heavy atom. The molecule has 3 aromatic carbocycles. The summed E-state index contributed by atoms with van der Waals surface area (Å²) in [6.45, 7) is 1.73. The van der Waals surface area contributed by atoms with E-state index in [0.29, 0.717) is 40.5 Å². The van der Waals surface area contributed by atoms with Crippen molar-refractivity contribution < 1.29 is 28.7 Å². The first-order chi connectivity index (χ1) is 20.4. The number of aliphatic hydroxyl groups is 1. The van der Waals surface area contributed by atoms with Gasteiger partial charge in [-0.3, -0.25) is 9.59 Å². The molecule has 0 amide bonds. The van der Waals surface area contributed by atoms with Gasteiger partial charge in [-0.1, -0.05) is 78.0 Å². The highest BCUT2D eigenvalue weighted by Crippen LogP contribution is 2.68. The molecular weight excluding hydrogens is 534 g/mol. The van der Waals surface area contributed by atoms with Gasteiger partial charge in [0.2, 0.25) is 11.8 Å². The van der Waals surface area contributed by atoms with Crippen LogP contribution in [-0.2, 0) is 21.4 Å². The highest BCUT2D eigenvalue weighted by molar-refractivity contribution is 6.04. The summed E-state index contributed by atoms with van der Waals surface area (Å²) in [6.07, 6.45) is -0.00537. The predicted molar refractivity (Wildman–Crippen MR) is 151 cm³/mol. The maximum atomic E-state index is 13.5. The number of aryl methyl sites for hydroxylation is 1. The van der Waals surface area contributed by atoms with Crippen LogP contribution in [0.4, 0.5) is 0 Å². The molecule has 5 aromatic rings. The number of aliphatic hydroxyl groups excluding tert-OH is 1. The lowest BCUT2D eigenvalue weighted by atomic mass is 9.81. The summed E-state index contributed by atoms with van der Waals surface area (Å²) < 4.78 is 11.8. The second-order valence-corrected chi connectivity index (χ2v) is 11.1. The number of carboxylic acids is 1. The molecule has 9 nitrogen and oxygen atoms in total. The Morgan fingerprint density at radius 1 is 1.00 bits per heavy atom. The van der Waals surface area contributed by atoms with Crippen molar-refractivity contribution in [3.05, 3.63) is 113 Å². The summed E-state index contributed by atoms with van der Waals surface area (Å²) >= 11 is 0. The summed E-state index contributed by atoms with van der Waals surface area (Å²) in [5.41, 5.74) is 5.48. The fourth-order valence-electron chi connectivity index (χ4n) is 6.55. The van der Waals surface area contributed by atoms with E-state index in [9.17, 15) is 19.8 Å². The number of nitrogens with zero attached hydrogens (tertiary/aromatic N) is 3. The maximum absolute atomic E-state index is 13.5. The van der Waals surface area contributed by atoms with Gasteiger partial charge >= 0.3 is 5.97 Å². The lowest BCUT2D eigenvalue weighted by Crippen LogP contribution is -2.24. The van der Waals surface area contributed by atoms with E-state index in [0.717, 1.165) is 35.1 Å². The Kier molecular flexibility index (Phi) is 6.13. The molecule has 0 aliphatic heterocycles. The number of carbonyl (C=O) groups is 2. The van der Waals surface area contributed by atoms with Gasteiger partial charge in [0.05, 0.1) is 23.6 Å². The molecule has 7 rings (SSSR count). The predicted octanol–water partition coefficient (Wildman–Crippen LogP) is 5.55. The second-order valence-electron chi connectivity index (χ2n) is 11.1. The first-order valence-electron chi connectivity index (χ1n) is 13.9. The summed E-state index contributed by atoms with van der Waals surface area (Å²) in [5, 5.41) is 33.5. The van der Waals surface area contributed by atoms with E-state index in [1.165, 1.54) is 0 Å². The Bertz CT molecular complexity index is 1820. The van der Waals surface area contributed by atoms with Crippen molar-refractivity contribution in [2.75, 3.05) is 0 Å². The van der Waals surface area contributed by atoms with Crippen molar-refractivity contribution in [1.29, 1.82) is 0 Å². The van der Waals surface area contributed by atoms with Crippen LogP contribution in [0.15, 0.2) is 81.7 Å². The number of rotatable bonds is 9. The number of benzene rings is 3. The third kappa shape index (κ3) is 4.16. The summed E-state index contributed by atoms with van der Waals surface area (Å²) in [7, 11) is 0. The van der Waals surface area contributed by atoms with Gasteiger partial charge in [0.15, 0.2) is 17.6 Å². The van der Waals surface area contributed by atoms with Crippen LogP contribution in [0.2, 0.25) is 0 Å². The van der Waals surface area contributed by atoms with E-state index in [-0.39, 0.29) is 11.7 Å². The molecule has 2 atom stereocenters. The van der Waals surface area contributed by atoms with Gasteiger partial charge in [-0.05, 0) is 47.6 Å². The average molecular weight is 562 g/mol. The molecule has 2 heterocycles. The number of aliphatic carboxylic acids is 1. The molecule has 42 heavy (non-hydrogen) atoms. The molecule has 210 valence electrons. The summed E-state index contributed by atoms with van der Waals surface area (Å²) in [5.74, 6) is -1.44. The Morgan fingerprint density at radius 3 is 2.40 bits per heavy atom. The van der Waals surface area contributed by atoms with Gasteiger partial charge < -0.3 is 19.2 Å². The minimum atomic E-state index is -1.33. The lowest BCUT2D eigenvalue weighted by Gasteiger charge is -2.19. The molecule has 1 saturated carbocycles. The summed E-state index contributed by atoms with van der Waals surface area (Å²) in [4.78, 5) is 25.1. The number of hydrogen-bond acceptors (Lipinski definition) is 8. The van der Waals surface area contributed by atoms with Crippen molar-refractivity contribution in [3.8, 4) is 22.5 Å². The monoisotopic (exact) mass is 561 g/mol. The molecule has 0 radical (unpaired) electrons. The van der Waals surface area contributed by atoms with Crippen molar-refractivity contribution in [3.63, 3.8) is 0 Å². The third-order valence-corrected chi connectivity index (χ3v) is 8.44.